The van der Waals surface area contributed by atoms with E-state index >= 15 is 0 Å². The zero-order valence-electron chi connectivity index (χ0n) is 11.0. The van der Waals surface area contributed by atoms with Crippen LogP contribution in [0.2, 0.25) is 0 Å². The first-order valence-electron chi connectivity index (χ1n) is 5.87. The van der Waals surface area contributed by atoms with Crippen molar-refractivity contribution in [1.29, 1.82) is 0 Å². The summed E-state index contributed by atoms with van der Waals surface area (Å²) in [7, 11) is 0. The van der Waals surface area contributed by atoms with Crippen molar-refractivity contribution >= 4 is 17.9 Å². The summed E-state index contributed by atoms with van der Waals surface area (Å²) in [5, 5.41) is 8.87. The number of aromatic nitrogens is 2. The summed E-state index contributed by atoms with van der Waals surface area (Å²) in [5.41, 5.74) is 0.138. The summed E-state index contributed by atoms with van der Waals surface area (Å²) >= 11 is 0. The van der Waals surface area contributed by atoms with Crippen molar-refractivity contribution < 1.29 is 19.4 Å². The molecule has 2 heterocycles. The van der Waals surface area contributed by atoms with E-state index in [4.69, 9.17) is 9.84 Å². The normalized spacial score (nSPS) is 14.2. The maximum atomic E-state index is 12.0. The highest BCUT2D eigenvalue weighted by molar-refractivity contribution is 5.90. The van der Waals surface area contributed by atoms with Crippen LogP contribution < -0.4 is 4.90 Å². The van der Waals surface area contributed by atoms with Gasteiger partial charge in [0.15, 0.2) is 0 Å². The average Bonchev–Trinajstić information content (AvgIpc) is 2.68. The second kappa shape index (κ2) is 4.49. The van der Waals surface area contributed by atoms with Gasteiger partial charge < -0.3 is 9.84 Å². The van der Waals surface area contributed by atoms with Gasteiger partial charge in [0.05, 0.1) is 0 Å². The predicted molar refractivity (Wildman–Crippen MR) is 66.3 cm³/mol. The van der Waals surface area contributed by atoms with Gasteiger partial charge in [0.25, 0.3) is 0 Å². The van der Waals surface area contributed by atoms with Crippen molar-refractivity contribution in [3.05, 3.63) is 17.6 Å². The van der Waals surface area contributed by atoms with Crippen molar-refractivity contribution in [3.63, 3.8) is 0 Å². The number of carboxylic acid groups (broad SMARTS) is 1. The monoisotopic (exact) mass is 265 g/mol. The number of rotatable bonds is 1. The van der Waals surface area contributed by atoms with Gasteiger partial charge in [-0.15, -0.1) is 0 Å². The van der Waals surface area contributed by atoms with E-state index in [2.05, 4.69) is 9.97 Å². The van der Waals surface area contributed by atoms with Gasteiger partial charge in [-0.3, -0.25) is 4.90 Å². The Morgan fingerprint density at radius 1 is 1.42 bits per heavy atom. The second-order valence-corrected chi connectivity index (χ2v) is 5.23. The molecule has 7 heteroatoms. The minimum atomic E-state index is -1.22. The second-order valence-electron chi connectivity index (χ2n) is 5.23. The molecule has 0 spiro atoms. The number of aromatic carboxylic acids is 1. The number of amides is 1. The molecule has 102 valence electrons. The zero-order chi connectivity index (χ0) is 14.2. The average molecular weight is 265 g/mol. The Kier molecular flexibility index (Phi) is 3.13. The summed E-state index contributed by atoms with van der Waals surface area (Å²) in [6, 6.07) is 0. The van der Waals surface area contributed by atoms with Crippen LogP contribution in [0.25, 0.3) is 0 Å². The summed E-state index contributed by atoms with van der Waals surface area (Å²) in [6.07, 6.45) is 1.51. The lowest BCUT2D eigenvalue weighted by Crippen LogP contribution is -2.36. The topological polar surface area (TPSA) is 92.6 Å². The summed E-state index contributed by atoms with van der Waals surface area (Å²) in [4.78, 5) is 31.8. The van der Waals surface area contributed by atoms with Crippen LogP contribution in [0.15, 0.2) is 6.20 Å². The summed E-state index contributed by atoms with van der Waals surface area (Å²) in [6.45, 7) is 5.72. The van der Waals surface area contributed by atoms with Crippen LogP contribution in [0.3, 0.4) is 0 Å². The van der Waals surface area contributed by atoms with Crippen LogP contribution in [-0.4, -0.2) is 39.3 Å². The summed E-state index contributed by atoms with van der Waals surface area (Å²) < 4.78 is 5.26. The molecule has 0 aliphatic carbocycles. The Hall–Kier alpha value is -2.18. The van der Waals surface area contributed by atoms with Crippen molar-refractivity contribution in [2.45, 2.75) is 32.8 Å². The molecule has 0 fully saturated rings. The van der Waals surface area contributed by atoms with Gasteiger partial charge in [0.2, 0.25) is 5.82 Å². The molecule has 1 amide bonds. The molecule has 0 aromatic carbocycles. The van der Waals surface area contributed by atoms with Gasteiger partial charge in [0, 0.05) is 18.3 Å². The van der Waals surface area contributed by atoms with Gasteiger partial charge in [-0.2, -0.15) is 0 Å². The fraction of sp³-hybridized carbons (Fsp3) is 0.500. The Morgan fingerprint density at radius 3 is 2.68 bits per heavy atom. The van der Waals surface area contributed by atoms with Crippen LogP contribution in [0, 0.1) is 0 Å². The van der Waals surface area contributed by atoms with Crippen molar-refractivity contribution in [1.82, 2.24) is 9.97 Å². The first kappa shape index (κ1) is 13.3. The fourth-order valence-electron chi connectivity index (χ4n) is 1.74. The SMILES string of the molecule is CC(C)(C)OC(=O)N1CCc2cnc(C(=O)O)nc21. The van der Waals surface area contributed by atoms with E-state index in [0.29, 0.717) is 18.8 Å². The van der Waals surface area contributed by atoms with Gasteiger partial charge in [-0.1, -0.05) is 0 Å². The Bertz CT molecular complexity index is 536. The molecule has 2 rings (SSSR count). The number of hydrogen-bond acceptors (Lipinski definition) is 5. The smallest absolute Gasteiger partial charge is 0.416 e. The van der Waals surface area contributed by atoms with E-state index in [-0.39, 0.29) is 5.82 Å². The molecule has 0 radical (unpaired) electrons. The Morgan fingerprint density at radius 2 is 2.11 bits per heavy atom. The van der Waals surface area contributed by atoms with E-state index in [1.54, 1.807) is 20.8 Å². The zero-order valence-corrected chi connectivity index (χ0v) is 11.0. The van der Waals surface area contributed by atoms with Crippen molar-refractivity contribution in [2.75, 3.05) is 11.4 Å². The molecule has 1 aliphatic heterocycles. The van der Waals surface area contributed by atoms with Crippen LogP contribution in [0.1, 0.15) is 37.0 Å². The number of fused-ring (bicyclic) bond motifs is 1. The Balaban J connectivity index is 2.28. The van der Waals surface area contributed by atoms with E-state index in [1.807, 2.05) is 0 Å². The van der Waals surface area contributed by atoms with Crippen LogP contribution in [0.4, 0.5) is 10.6 Å². The Labute approximate surface area is 110 Å². The standard InChI is InChI=1S/C12H15N3O4/c1-12(2,3)19-11(18)15-5-4-7-6-13-8(10(16)17)14-9(7)15/h6H,4-5H2,1-3H3,(H,16,17). The molecule has 1 aliphatic rings. The maximum Gasteiger partial charge on any atom is 0.416 e. The largest absolute Gasteiger partial charge is 0.475 e. The third kappa shape index (κ3) is 2.81. The number of hydrogen-bond donors (Lipinski definition) is 1. The number of carbonyl (C=O) groups is 2. The number of nitrogens with zero attached hydrogens (tertiary/aromatic N) is 3. The lowest BCUT2D eigenvalue weighted by Gasteiger charge is -2.24. The van der Waals surface area contributed by atoms with Gasteiger partial charge in [-0.25, -0.2) is 19.6 Å². The number of ether oxygens (including phenoxy) is 1. The highest BCUT2D eigenvalue weighted by Crippen LogP contribution is 2.26. The quantitative estimate of drug-likeness (QED) is 0.826. The molecular formula is C12H15N3O4. The number of anilines is 1. The van der Waals surface area contributed by atoms with E-state index in [0.717, 1.165) is 5.56 Å². The third-order valence-corrected chi connectivity index (χ3v) is 2.51. The number of carboxylic acids is 1. The van der Waals surface area contributed by atoms with Gasteiger partial charge >= 0.3 is 12.1 Å². The van der Waals surface area contributed by atoms with Gasteiger partial charge in [0.1, 0.15) is 11.4 Å². The molecule has 0 saturated heterocycles. The molecule has 19 heavy (non-hydrogen) atoms. The molecule has 0 bridgehead atoms. The van der Waals surface area contributed by atoms with Crippen molar-refractivity contribution in [3.8, 4) is 0 Å². The molecule has 1 aromatic heterocycles. The molecule has 1 N–H and O–H groups in total. The molecule has 7 nitrogen and oxygen atoms in total. The fourth-order valence-corrected chi connectivity index (χ4v) is 1.74. The maximum absolute atomic E-state index is 12.0. The van der Waals surface area contributed by atoms with Crippen LogP contribution >= 0.6 is 0 Å². The third-order valence-electron chi connectivity index (χ3n) is 2.51. The predicted octanol–water partition coefficient (Wildman–Crippen LogP) is 1.47. The van der Waals surface area contributed by atoms with Gasteiger partial charge in [-0.05, 0) is 27.2 Å². The highest BCUT2D eigenvalue weighted by atomic mass is 16.6. The lowest BCUT2D eigenvalue weighted by molar-refractivity contribution is 0.0580. The van der Waals surface area contributed by atoms with Crippen molar-refractivity contribution in [2.24, 2.45) is 0 Å². The molecule has 0 atom stereocenters. The van der Waals surface area contributed by atoms with Crippen LogP contribution in [0.5, 0.6) is 0 Å². The molecule has 1 aromatic rings. The summed E-state index contributed by atoms with van der Waals surface area (Å²) in [5.74, 6) is -1.23. The highest BCUT2D eigenvalue weighted by Gasteiger charge is 2.31. The minimum absolute atomic E-state index is 0.321. The first-order valence-corrected chi connectivity index (χ1v) is 5.87. The van der Waals surface area contributed by atoms with E-state index in [9.17, 15) is 9.59 Å². The van der Waals surface area contributed by atoms with E-state index < -0.39 is 17.7 Å². The molecular weight excluding hydrogens is 250 g/mol. The number of carbonyl (C=O) groups excluding carboxylic acids is 1. The molecule has 0 saturated carbocycles. The van der Waals surface area contributed by atoms with Crippen LogP contribution in [-0.2, 0) is 11.2 Å². The first-order chi connectivity index (χ1) is 8.78. The minimum Gasteiger partial charge on any atom is -0.475 e. The lowest BCUT2D eigenvalue weighted by atomic mass is 10.2. The van der Waals surface area contributed by atoms with E-state index in [1.165, 1.54) is 11.1 Å². The molecule has 0 unspecified atom stereocenters.